The number of esters is 1. The summed E-state index contributed by atoms with van der Waals surface area (Å²) in [5.41, 5.74) is 4.25. The van der Waals surface area contributed by atoms with Crippen LogP contribution in [0.5, 0.6) is 0 Å². The third-order valence-corrected chi connectivity index (χ3v) is 6.12. The minimum Gasteiger partial charge on any atom is -0.462 e. The molecule has 0 aliphatic heterocycles. The van der Waals surface area contributed by atoms with Gasteiger partial charge in [0.15, 0.2) is 0 Å². The smallest absolute Gasteiger partial charge is 0.338 e. The van der Waals surface area contributed by atoms with Crippen molar-refractivity contribution < 1.29 is 14.3 Å². The molecule has 3 aromatic rings. The summed E-state index contributed by atoms with van der Waals surface area (Å²) in [6, 6.07) is 15.6. The van der Waals surface area contributed by atoms with Crippen LogP contribution in [0.3, 0.4) is 0 Å². The lowest BCUT2D eigenvalue weighted by molar-refractivity contribution is -0.119. The Morgan fingerprint density at radius 3 is 2.32 bits per heavy atom. The van der Waals surface area contributed by atoms with Gasteiger partial charge in [-0.3, -0.25) is 9.59 Å². The average molecular weight is 460 g/mol. The number of carbonyl (C=O) groups is 2. The molecule has 7 nitrogen and oxygen atoms in total. The van der Waals surface area contributed by atoms with Crippen LogP contribution >= 0.6 is 0 Å². The highest BCUT2D eigenvalue weighted by atomic mass is 16.5. The van der Waals surface area contributed by atoms with Crippen molar-refractivity contribution in [2.45, 2.75) is 52.0 Å². The maximum atomic E-state index is 13.4. The van der Waals surface area contributed by atoms with E-state index in [2.05, 4.69) is 5.32 Å². The molecule has 0 bridgehead atoms. The molecule has 1 aliphatic rings. The monoisotopic (exact) mass is 459 g/mol. The maximum absolute atomic E-state index is 13.4. The van der Waals surface area contributed by atoms with Gasteiger partial charge in [-0.1, -0.05) is 37.3 Å². The Bertz CT molecular complexity index is 1230. The van der Waals surface area contributed by atoms with Crippen LogP contribution in [0.2, 0.25) is 0 Å². The number of nitrogens with zero attached hydrogens (tertiary/aromatic N) is 2. The van der Waals surface area contributed by atoms with E-state index in [1.807, 2.05) is 37.3 Å². The zero-order valence-electron chi connectivity index (χ0n) is 19.5. The second-order valence-electron chi connectivity index (χ2n) is 8.34. The van der Waals surface area contributed by atoms with Gasteiger partial charge in [-0.2, -0.15) is 5.10 Å². The van der Waals surface area contributed by atoms with Gasteiger partial charge < -0.3 is 10.1 Å². The first kappa shape index (κ1) is 23.4. The topological polar surface area (TPSA) is 90.3 Å². The Morgan fingerprint density at radius 1 is 1.00 bits per heavy atom. The molecule has 7 heteroatoms. The molecular weight excluding hydrogens is 430 g/mol. The molecule has 0 saturated heterocycles. The van der Waals surface area contributed by atoms with Crippen molar-refractivity contribution in [3.63, 3.8) is 0 Å². The first-order chi connectivity index (χ1) is 16.5. The fraction of sp³-hybridized carbons (Fsp3) is 0.333. The molecule has 1 atom stereocenters. The quantitative estimate of drug-likeness (QED) is 0.523. The van der Waals surface area contributed by atoms with E-state index < -0.39 is 12.0 Å². The first-order valence-electron chi connectivity index (χ1n) is 11.8. The van der Waals surface area contributed by atoms with Crippen molar-refractivity contribution in [2.24, 2.45) is 0 Å². The highest BCUT2D eigenvalue weighted by molar-refractivity contribution is 5.95. The fourth-order valence-corrected chi connectivity index (χ4v) is 4.39. The summed E-state index contributed by atoms with van der Waals surface area (Å²) in [6.45, 7) is 3.91. The van der Waals surface area contributed by atoms with Crippen LogP contribution in [-0.2, 0) is 22.4 Å². The van der Waals surface area contributed by atoms with Gasteiger partial charge >= 0.3 is 5.97 Å². The van der Waals surface area contributed by atoms with Crippen molar-refractivity contribution in [3.8, 4) is 11.3 Å². The van der Waals surface area contributed by atoms with Crippen LogP contribution < -0.4 is 10.9 Å². The van der Waals surface area contributed by atoms with E-state index >= 15 is 0 Å². The Kier molecular flexibility index (Phi) is 7.21. The highest BCUT2D eigenvalue weighted by Crippen LogP contribution is 2.29. The summed E-state index contributed by atoms with van der Waals surface area (Å²) in [4.78, 5) is 38.5. The largest absolute Gasteiger partial charge is 0.462 e. The second kappa shape index (κ2) is 10.5. The van der Waals surface area contributed by atoms with Gasteiger partial charge in [0.25, 0.3) is 5.56 Å². The Hall–Kier alpha value is -3.74. The van der Waals surface area contributed by atoms with Crippen molar-refractivity contribution in [3.05, 3.63) is 81.6 Å². The molecule has 4 rings (SSSR count). The van der Waals surface area contributed by atoms with E-state index in [9.17, 15) is 14.4 Å². The molecule has 0 saturated carbocycles. The number of ether oxygens (including phenoxy) is 1. The van der Waals surface area contributed by atoms with Gasteiger partial charge in [0, 0.05) is 16.8 Å². The number of aromatic nitrogens is 2. The Balaban J connectivity index is 1.66. The maximum Gasteiger partial charge on any atom is 0.338 e. The number of hydrogen-bond acceptors (Lipinski definition) is 5. The number of fused-ring (bicyclic) bond motifs is 1. The van der Waals surface area contributed by atoms with E-state index in [0.29, 0.717) is 30.7 Å². The molecule has 176 valence electrons. The van der Waals surface area contributed by atoms with Crippen molar-refractivity contribution in [1.29, 1.82) is 0 Å². The van der Waals surface area contributed by atoms with E-state index in [1.54, 1.807) is 31.2 Å². The minimum absolute atomic E-state index is 0.186. The number of carbonyl (C=O) groups excluding carboxylic acids is 2. The van der Waals surface area contributed by atoms with Crippen molar-refractivity contribution in [1.82, 2.24) is 9.78 Å². The molecule has 1 aliphatic carbocycles. The SMILES string of the molecule is CCOC(=O)c1ccc(NC(=O)[C@@H](CC)n2nc(-c3ccccc3)c3c(c2=O)CCCC3)cc1. The number of hydrogen-bond donors (Lipinski definition) is 1. The number of rotatable bonds is 7. The minimum atomic E-state index is -0.757. The van der Waals surface area contributed by atoms with Crippen LogP contribution in [0, 0.1) is 0 Å². The third-order valence-electron chi connectivity index (χ3n) is 6.12. The predicted octanol–water partition coefficient (Wildman–Crippen LogP) is 4.56. The van der Waals surface area contributed by atoms with Gasteiger partial charge in [-0.25, -0.2) is 9.48 Å². The van der Waals surface area contributed by atoms with Crippen LogP contribution in [0.15, 0.2) is 59.4 Å². The zero-order chi connectivity index (χ0) is 24.1. The molecule has 0 unspecified atom stereocenters. The lowest BCUT2D eigenvalue weighted by Gasteiger charge is -2.23. The molecular formula is C27H29N3O4. The van der Waals surface area contributed by atoms with Crippen LogP contribution in [0.25, 0.3) is 11.3 Å². The molecule has 2 aromatic carbocycles. The van der Waals surface area contributed by atoms with Gasteiger partial charge in [-0.05, 0) is 68.9 Å². The van der Waals surface area contributed by atoms with Crippen LogP contribution in [0.4, 0.5) is 5.69 Å². The summed E-state index contributed by atoms with van der Waals surface area (Å²) in [6.07, 6.45) is 3.91. The van der Waals surface area contributed by atoms with Crippen LogP contribution in [0.1, 0.15) is 60.6 Å². The number of anilines is 1. The number of amides is 1. The zero-order valence-corrected chi connectivity index (χ0v) is 19.5. The molecule has 0 fully saturated rings. The average Bonchev–Trinajstić information content (AvgIpc) is 2.87. The van der Waals surface area contributed by atoms with E-state index in [4.69, 9.17) is 9.84 Å². The third kappa shape index (κ3) is 4.78. The van der Waals surface area contributed by atoms with E-state index in [1.165, 1.54) is 4.68 Å². The van der Waals surface area contributed by atoms with Crippen molar-refractivity contribution >= 4 is 17.6 Å². The fourth-order valence-electron chi connectivity index (χ4n) is 4.39. The molecule has 1 N–H and O–H groups in total. The van der Waals surface area contributed by atoms with E-state index in [-0.39, 0.29) is 11.5 Å². The van der Waals surface area contributed by atoms with Gasteiger partial charge in [-0.15, -0.1) is 0 Å². The molecule has 1 amide bonds. The predicted molar refractivity (Wildman–Crippen MR) is 131 cm³/mol. The summed E-state index contributed by atoms with van der Waals surface area (Å²) < 4.78 is 6.35. The second-order valence-corrected chi connectivity index (χ2v) is 8.34. The Morgan fingerprint density at radius 2 is 1.68 bits per heavy atom. The highest BCUT2D eigenvalue weighted by Gasteiger charge is 2.27. The lowest BCUT2D eigenvalue weighted by atomic mass is 9.89. The molecule has 1 aromatic heterocycles. The summed E-state index contributed by atoms with van der Waals surface area (Å²) in [5.74, 6) is -0.735. The molecule has 0 radical (unpaired) electrons. The Labute approximate surface area is 198 Å². The standard InChI is InChI=1S/C27H29N3O4/c1-3-23(25(31)28-20-16-14-19(15-17-20)27(33)34-4-2)30-26(32)22-13-9-8-12-21(22)24(29-30)18-10-6-5-7-11-18/h5-7,10-11,14-17,23H,3-4,8-9,12-13H2,1-2H3,(H,28,31)/t23-/m1/s1. The van der Waals surface area contributed by atoms with E-state index in [0.717, 1.165) is 41.6 Å². The van der Waals surface area contributed by atoms with Gasteiger partial charge in [0.1, 0.15) is 6.04 Å². The molecule has 0 spiro atoms. The lowest BCUT2D eigenvalue weighted by Crippen LogP contribution is -2.38. The number of benzene rings is 2. The van der Waals surface area contributed by atoms with Gasteiger partial charge in [0.05, 0.1) is 17.9 Å². The number of nitrogens with one attached hydrogen (secondary N) is 1. The normalized spacial score (nSPS) is 13.6. The summed E-state index contributed by atoms with van der Waals surface area (Å²) in [5, 5.41) is 7.59. The van der Waals surface area contributed by atoms with Gasteiger partial charge in [0.2, 0.25) is 5.91 Å². The summed E-state index contributed by atoms with van der Waals surface area (Å²) >= 11 is 0. The van der Waals surface area contributed by atoms with Crippen LogP contribution in [-0.4, -0.2) is 28.3 Å². The molecule has 34 heavy (non-hydrogen) atoms. The first-order valence-corrected chi connectivity index (χ1v) is 11.8. The molecule has 1 heterocycles. The van der Waals surface area contributed by atoms with Crippen molar-refractivity contribution in [2.75, 3.05) is 11.9 Å². The summed E-state index contributed by atoms with van der Waals surface area (Å²) in [7, 11) is 0.